The summed E-state index contributed by atoms with van der Waals surface area (Å²) in [6, 6.07) is 8.99. The number of methoxy groups -OCH3 is 1. The third-order valence-corrected chi connectivity index (χ3v) is 1.59. The molecule has 1 rings (SSSR count). The number of carbonyl (C=O) groups excluding carboxylic acids is 1. The highest BCUT2D eigenvalue weighted by molar-refractivity contribution is 5.64. The van der Waals surface area contributed by atoms with Crippen molar-refractivity contribution in [3.63, 3.8) is 0 Å². The van der Waals surface area contributed by atoms with E-state index >= 15 is 0 Å². The number of rotatable bonds is 3. The molecule has 0 saturated carbocycles. The van der Waals surface area contributed by atoms with Crippen molar-refractivity contribution in [2.75, 3.05) is 7.11 Å². The van der Waals surface area contributed by atoms with Crippen LogP contribution >= 0.6 is 0 Å². The van der Waals surface area contributed by atoms with Crippen LogP contribution in [0.3, 0.4) is 0 Å². The highest BCUT2D eigenvalue weighted by atomic mass is 16.5. The van der Waals surface area contributed by atoms with Gasteiger partial charge in [-0.15, -0.1) is 0 Å². The van der Waals surface area contributed by atoms with Crippen LogP contribution in [0.2, 0.25) is 0 Å². The lowest BCUT2D eigenvalue weighted by atomic mass is 10.2. The van der Waals surface area contributed by atoms with Gasteiger partial charge in [0.1, 0.15) is 0 Å². The van der Waals surface area contributed by atoms with Gasteiger partial charge in [0.25, 0.3) is 0 Å². The fourth-order valence-corrected chi connectivity index (χ4v) is 1.01. The maximum atomic E-state index is 10.2. The number of ether oxygens (including phenoxy) is 1. The van der Waals surface area contributed by atoms with E-state index in [-0.39, 0.29) is 0 Å². The van der Waals surface area contributed by atoms with Gasteiger partial charge in [-0.3, -0.25) is 5.32 Å². The Morgan fingerprint density at radius 1 is 1.38 bits per heavy atom. The second-order valence-corrected chi connectivity index (χ2v) is 2.46. The quantitative estimate of drug-likeness (QED) is 0.716. The van der Waals surface area contributed by atoms with Crippen LogP contribution < -0.4 is 5.32 Å². The average Bonchev–Trinajstić information content (AvgIpc) is 2.15. The largest absolute Gasteiger partial charge is 0.452 e. The Labute approximate surface area is 76.1 Å². The van der Waals surface area contributed by atoms with Crippen molar-refractivity contribution in [2.45, 2.75) is 6.23 Å². The molecule has 1 unspecified atom stereocenters. The Morgan fingerprint density at radius 2 is 2.00 bits per heavy atom. The molecule has 1 aromatic rings. The minimum atomic E-state index is -1.35. The van der Waals surface area contributed by atoms with Gasteiger partial charge in [0.15, 0.2) is 6.23 Å². The molecule has 1 N–H and O–H groups in total. The van der Waals surface area contributed by atoms with Crippen molar-refractivity contribution in [3.05, 3.63) is 35.9 Å². The number of amides is 1. The minimum absolute atomic E-state index is 0.661. The SMILES string of the molecule is COC(NC([O])=O)c1ccccc1. The Morgan fingerprint density at radius 3 is 2.46 bits per heavy atom. The van der Waals surface area contributed by atoms with Gasteiger partial charge in [-0.05, 0) is 0 Å². The second-order valence-electron chi connectivity index (χ2n) is 2.46. The standard InChI is InChI=1S/C9H10NO3/c1-13-8(10-9(11)12)7-5-3-2-4-6-7/h2-6,8,10H,1H3. The monoisotopic (exact) mass is 180 g/mol. The van der Waals surface area contributed by atoms with Crippen molar-refractivity contribution < 1.29 is 14.6 Å². The molecule has 13 heavy (non-hydrogen) atoms. The molecule has 0 fully saturated rings. The molecule has 0 saturated heterocycles. The summed E-state index contributed by atoms with van der Waals surface area (Å²) in [5, 5.41) is 12.4. The van der Waals surface area contributed by atoms with Gasteiger partial charge >= 0.3 is 6.09 Å². The lowest BCUT2D eigenvalue weighted by Gasteiger charge is -2.13. The van der Waals surface area contributed by atoms with E-state index in [1.54, 1.807) is 24.3 Å². The highest BCUT2D eigenvalue weighted by Crippen LogP contribution is 2.12. The van der Waals surface area contributed by atoms with E-state index in [2.05, 4.69) is 5.32 Å². The van der Waals surface area contributed by atoms with E-state index < -0.39 is 12.3 Å². The van der Waals surface area contributed by atoms with Crippen LogP contribution in [0.25, 0.3) is 0 Å². The summed E-state index contributed by atoms with van der Waals surface area (Å²) >= 11 is 0. The topological polar surface area (TPSA) is 58.2 Å². The molecule has 1 amide bonds. The van der Waals surface area contributed by atoms with Crippen molar-refractivity contribution in [1.82, 2.24) is 5.32 Å². The first-order valence-electron chi connectivity index (χ1n) is 3.79. The maximum absolute atomic E-state index is 10.2. The molecule has 1 radical (unpaired) electrons. The molecule has 0 heterocycles. The fraction of sp³-hybridized carbons (Fsp3) is 0.222. The van der Waals surface area contributed by atoms with Gasteiger partial charge in [-0.25, -0.2) is 9.90 Å². The fourth-order valence-electron chi connectivity index (χ4n) is 1.01. The van der Waals surface area contributed by atoms with Crippen molar-refractivity contribution in [2.24, 2.45) is 0 Å². The summed E-state index contributed by atoms with van der Waals surface area (Å²) in [4.78, 5) is 10.2. The number of hydrogen-bond acceptors (Lipinski definition) is 2. The van der Waals surface area contributed by atoms with Crippen molar-refractivity contribution in [1.29, 1.82) is 0 Å². The molecular formula is C9H10NO3. The Balaban J connectivity index is 2.73. The van der Waals surface area contributed by atoms with Crippen molar-refractivity contribution >= 4 is 6.09 Å². The zero-order valence-corrected chi connectivity index (χ0v) is 7.19. The van der Waals surface area contributed by atoms with Gasteiger partial charge in [0, 0.05) is 12.7 Å². The van der Waals surface area contributed by atoms with Crippen LogP contribution in [0.15, 0.2) is 30.3 Å². The van der Waals surface area contributed by atoms with Gasteiger partial charge in [-0.1, -0.05) is 30.3 Å². The van der Waals surface area contributed by atoms with E-state index in [1.165, 1.54) is 7.11 Å². The predicted octanol–water partition coefficient (Wildman–Crippen LogP) is 1.47. The van der Waals surface area contributed by atoms with E-state index in [0.717, 1.165) is 5.56 Å². The first kappa shape index (κ1) is 9.54. The van der Waals surface area contributed by atoms with E-state index in [9.17, 15) is 9.90 Å². The van der Waals surface area contributed by atoms with E-state index in [0.29, 0.717) is 0 Å². The number of hydrogen-bond donors (Lipinski definition) is 1. The third kappa shape index (κ3) is 2.76. The molecule has 0 aromatic heterocycles. The van der Waals surface area contributed by atoms with Gasteiger partial charge in [0.05, 0.1) is 0 Å². The predicted molar refractivity (Wildman–Crippen MR) is 45.4 cm³/mol. The molecule has 0 spiro atoms. The Kier molecular flexibility index (Phi) is 3.28. The van der Waals surface area contributed by atoms with Gasteiger partial charge in [-0.2, -0.15) is 0 Å². The van der Waals surface area contributed by atoms with Crippen LogP contribution in [0.1, 0.15) is 11.8 Å². The van der Waals surface area contributed by atoms with Crippen LogP contribution in [-0.2, 0) is 9.84 Å². The summed E-state index contributed by atoms with van der Waals surface area (Å²) in [7, 11) is 1.42. The number of nitrogens with one attached hydrogen (secondary N) is 1. The average molecular weight is 180 g/mol. The lowest BCUT2D eigenvalue weighted by Crippen LogP contribution is -2.27. The zero-order chi connectivity index (χ0) is 9.68. The van der Waals surface area contributed by atoms with Gasteiger partial charge < -0.3 is 4.74 Å². The van der Waals surface area contributed by atoms with Gasteiger partial charge in [0.2, 0.25) is 0 Å². The Bertz CT molecular complexity index is 273. The molecule has 0 bridgehead atoms. The smallest absolute Gasteiger partial charge is 0.357 e. The van der Waals surface area contributed by atoms with Crippen LogP contribution in [0, 0.1) is 0 Å². The highest BCUT2D eigenvalue weighted by Gasteiger charge is 2.12. The van der Waals surface area contributed by atoms with Crippen LogP contribution in [0.4, 0.5) is 4.79 Å². The third-order valence-electron chi connectivity index (χ3n) is 1.59. The summed E-state index contributed by atoms with van der Waals surface area (Å²) in [5.74, 6) is 0. The molecule has 4 heteroatoms. The molecule has 1 atom stereocenters. The summed E-state index contributed by atoms with van der Waals surface area (Å²) in [5.41, 5.74) is 0.745. The first-order chi connectivity index (χ1) is 6.24. The van der Waals surface area contributed by atoms with Crippen LogP contribution in [-0.4, -0.2) is 13.2 Å². The molecule has 4 nitrogen and oxygen atoms in total. The zero-order valence-electron chi connectivity index (χ0n) is 7.19. The lowest BCUT2D eigenvalue weighted by molar-refractivity contribution is 0.0654. The minimum Gasteiger partial charge on any atom is -0.357 e. The molecular weight excluding hydrogens is 170 g/mol. The normalized spacial score (nSPS) is 12.1. The first-order valence-corrected chi connectivity index (χ1v) is 3.79. The molecule has 0 aliphatic rings. The molecule has 0 aliphatic carbocycles. The number of benzene rings is 1. The Hall–Kier alpha value is -1.55. The maximum Gasteiger partial charge on any atom is 0.452 e. The molecule has 1 aromatic carbocycles. The van der Waals surface area contributed by atoms with Crippen LogP contribution in [0.5, 0.6) is 0 Å². The second kappa shape index (κ2) is 4.47. The summed E-state index contributed by atoms with van der Waals surface area (Å²) in [6.45, 7) is 0. The van der Waals surface area contributed by atoms with E-state index in [1.807, 2.05) is 6.07 Å². The molecule has 69 valence electrons. The summed E-state index contributed by atoms with van der Waals surface area (Å²) in [6.07, 6.45) is -2.01. The molecule has 0 aliphatic heterocycles. The summed E-state index contributed by atoms with van der Waals surface area (Å²) < 4.78 is 4.92. The number of carbonyl (C=O) groups is 1. The van der Waals surface area contributed by atoms with Crippen molar-refractivity contribution in [3.8, 4) is 0 Å². The van der Waals surface area contributed by atoms with E-state index in [4.69, 9.17) is 4.74 Å².